The second-order valence-corrected chi connectivity index (χ2v) is 5.52. The summed E-state index contributed by atoms with van der Waals surface area (Å²) < 4.78 is 5.66. The maximum Gasteiger partial charge on any atom is 0.251 e. The van der Waals surface area contributed by atoms with E-state index in [0.717, 1.165) is 5.56 Å². The highest BCUT2D eigenvalue weighted by molar-refractivity contribution is 5.94. The van der Waals surface area contributed by atoms with E-state index in [4.69, 9.17) is 10.00 Å². The first-order valence-electron chi connectivity index (χ1n) is 7.76. The normalized spacial score (nSPS) is 11.4. The molecule has 0 fully saturated rings. The van der Waals surface area contributed by atoms with Crippen molar-refractivity contribution < 1.29 is 14.6 Å². The van der Waals surface area contributed by atoms with Crippen molar-refractivity contribution >= 4 is 5.91 Å². The monoisotopic (exact) mass is 324 g/mol. The van der Waals surface area contributed by atoms with E-state index in [1.54, 1.807) is 49.4 Å². The van der Waals surface area contributed by atoms with Gasteiger partial charge >= 0.3 is 0 Å². The van der Waals surface area contributed by atoms with Crippen LogP contribution in [0, 0.1) is 11.3 Å². The molecule has 0 aromatic heterocycles. The summed E-state index contributed by atoms with van der Waals surface area (Å²) in [5, 5.41) is 20.7. The van der Waals surface area contributed by atoms with E-state index in [9.17, 15) is 9.90 Å². The summed E-state index contributed by atoms with van der Waals surface area (Å²) in [6.07, 6.45) is 0.0882. The highest BCUT2D eigenvalue weighted by Gasteiger charge is 2.07. The topological polar surface area (TPSA) is 82.3 Å². The molecule has 0 spiro atoms. The maximum absolute atomic E-state index is 12.1. The number of carbonyl (C=O) groups excluding carboxylic acids is 1. The predicted molar refractivity (Wildman–Crippen MR) is 90.6 cm³/mol. The molecule has 0 saturated heterocycles. The number of carbonyl (C=O) groups is 1. The van der Waals surface area contributed by atoms with Gasteiger partial charge in [0.15, 0.2) is 0 Å². The molecule has 0 bridgehead atoms. The van der Waals surface area contributed by atoms with Crippen LogP contribution >= 0.6 is 0 Å². The Morgan fingerprint density at radius 1 is 1.29 bits per heavy atom. The van der Waals surface area contributed by atoms with Gasteiger partial charge in [-0.25, -0.2) is 0 Å². The van der Waals surface area contributed by atoms with Crippen LogP contribution in [0.25, 0.3) is 0 Å². The number of aliphatic hydroxyl groups excluding tert-OH is 1. The summed E-state index contributed by atoms with van der Waals surface area (Å²) in [6.45, 7) is 2.45. The van der Waals surface area contributed by atoms with Gasteiger partial charge < -0.3 is 15.2 Å². The fourth-order valence-electron chi connectivity index (χ4n) is 2.09. The fourth-order valence-corrected chi connectivity index (χ4v) is 2.09. The van der Waals surface area contributed by atoms with Crippen LogP contribution in [0.1, 0.15) is 34.8 Å². The lowest BCUT2D eigenvalue weighted by Crippen LogP contribution is -2.26. The minimum absolute atomic E-state index is 0.170. The van der Waals surface area contributed by atoms with Gasteiger partial charge in [-0.3, -0.25) is 4.79 Å². The fraction of sp³-hybridized carbons (Fsp3) is 0.263. The molecule has 5 heteroatoms. The zero-order valence-corrected chi connectivity index (χ0v) is 13.5. The second kappa shape index (κ2) is 8.70. The first-order chi connectivity index (χ1) is 11.6. The smallest absolute Gasteiger partial charge is 0.251 e. The lowest BCUT2D eigenvalue weighted by atomic mass is 10.1. The van der Waals surface area contributed by atoms with Crippen molar-refractivity contribution in [2.75, 3.05) is 6.54 Å². The molecule has 124 valence electrons. The molecule has 2 rings (SSSR count). The van der Waals surface area contributed by atoms with Gasteiger partial charge in [0.2, 0.25) is 0 Å². The van der Waals surface area contributed by atoms with Crippen LogP contribution in [0.15, 0.2) is 48.5 Å². The molecule has 5 nitrogen and oxygen atoms in total. The molecule has 0 aliphatic rings. The van der Waals surface area contributed by atoms with Crippen LogP contribution in [0.4, 0.5) is 0 Å². The molecule has 0 aliphatic carbocycles. The SMILES string of the molecule is CC(O)CCNC(=O)c1cccc(COc2ccc(C#N)cc2)c1. The van der Waals surface area contributed by atoms with Gasteiger partial charge in [0.1, 0.15) is 12.4 Å². The van der Waals surface area contributed by atoms with Crippen LogP contribution in [0.2, 0.25) is 0 Å². The summed E-state index contributed by atoms with van der Waals surface area (Å²) in [6, 6.07) is 16.1. The Hall–Kier alpha value is -2.84. The zero-order valence-electron chi connectivity index (χ0n) is 13.5. The van der Waals surface area contributed by atoms with E-state index < -0.39 is 6.10 Å². The molecular weight excluding hydrogens is 304 g/mol. The minimum Gasteiger partial charge on any atom is -0.489 e. The van der Waals surface area contributed by atoms with Crippen LogP contribution in [-0.4, -0.2) is 23.7 Å². The molecule has 1 unspecified atom stereocenters. The van der Waals surface area contributed by atoms with Crippen LogP contribution in [0.5, 0.6) is 5.75 Å². The molecular formula is C19H20N2O3. The van der Waals surface area contributed by atoms with E-state index in [1.807, 2.05) is 6.07 Å². The molecule has 1 amide bonds. The second-order valence-electron chi connectivity index (χ2n) is 5.52. The average Bonchev–Trinajstić information content (AvgIpc) is 2.60. The Labute approximate surface area is 141 Å². The largest absolute Gasteiger partial charge is 0.489 e. The van der Waals surface area contributed by atoms with Gasteiger partial charge in [0.25, 0.3) is 5.91 Å². The van der Waals surface area contributed by atoms with E-state index in [2.05, 4.69) is 11.4 Å². The number of nitrogens with one attached hydrogen (secondary N) is 1. The van der Waals surface area contributed by atoms with Gasteiger partial charge in [0.05, 0.1) is 17.7 Å². The summed E-state index contributed by atoms with van der Waals surface area (Å²) in [7, 11) is 0. The Morgan fingerprint density at radius 2 is 2.04 bits per heavy atom. The third kappa shape index (κ3) is 5.41. The summed E-state index contributed by atoms with van der Waals surface area (Å²) >= 11 is 0. The van der Waals surface area contributed by atoms with Crippen molar-refractivity contribution in [1.82, 2.24) is 5.32 Å². The Balaban J connectivity index is 1.92. The molecule has 2 aromatic rings. The van der Waals surface area contributed by atoms with Crippen molar-refractivity contribution in [2.45, 2.75) is 26.1 Å². The number of ether oxygens (including phenoxy) is 1. The van der Waals surface area contributed by atoms with E-state index >= 15 is 0 Å². The summed E-state index contributed by atoms with van der Waals surface area (Å²) in [4.78, 5) is 12.1. The number of nitriles is 1. The minimum atomic E-state index is -0.433. The van der Waals surface area contributed by atoms with Crippen molar-refractivity contribution in [3.8, 4) is 11.8 Å². The maximum atomic E-state index is 12.1. The van der Waals surface area contributed by atoms with E-state index in [0.29, 0.717) is 36.4 Å². The summed E-state index contributed by atoms with van der Waals surface area (Å²) in [5.74, 6) is 0.497. The molecule has 0 saturated carbocycles. The van der Waals surface area contributed by atoms with Crippen molar-refractivity contribution in [3.63, 3.8) is 0 Å². The van der Waals surface area contributed by atoms with Gasteiger partial charge in [-0.05, 0) is 55.3 Å². The number of aliphatic hydroxyl groups is 1. The van der Waals surface area contributed by atoms with E-state index in [-0.39, 0.29) is 5.91 Å². The van der Waals surface area contributed by atoms with Gasteiger partial charge in [-0.15, -0.1) is 0 Å². The van der Waals surface area contributed by atoms with Gasteiger partial charge in [-0.2, -0.15) is 5.26 Å². The molecule has 2 aromatic carbocycles. The van der Waals surface area contributed by atoms with Crippen LogP contribution < -0.4 is 10.1 Å². The Bertz CT molecular complexity index is 718. The highest BCUT2D eigenvalue weighted by atomic mass is 16.5. The lowest BCUT2D eigenvalue weighted by molar-refractivity contribution is 0.0945. The average molecular weight is 324 g/mol. The highest BCUT2D eigenvalue weighted by Crippen LogP contribution is 2.14. The third-order valence-corrected chi connectivity index (χ3v) is 3.43. The number of hydrogen-bond acceptors (Lipinski definition) is 4. The quantitative estimate of drug-likeness (QED) is 0.820. The molecule has 1 atom stereocenters. The standard InChI is InChI=1S/C19H20N2O3/c1-14(22)9-10-21-19(23)17-4-2-3-16(11-17)13-24-18-7-5-15(12-20)6-8-18/h2-8,11,14,22H,9-10,13H2,1H3,(H,21,23). The number of nitrogens with zero attached hydrogens (tertiary/aromatic N) is 1. The molecule has 0 aliphatic heterocycles. The summed E-state index contributed by atoms with van der Waals surface area (Å²) in [5.41, 5.74) is 2.02. The molecule has 0 radical (unpaired) electrons. The molecule has 0 heterocycles. The number of amides is 1. The number of hydrogen-bond donors (Lipinski definition) is 2. The first kappa shape index (κ1) is 17.5. The first-order valence-corrected chi connectivity index (χ1v) is 7.76. The lowest BCUT2D eigenvalue weighted by Gasteiger charge is -2.09. The van der Waals surface area contributed by atoms with E-state index in [1.165, 1.54) is 0 Å². The third-order valence-electron chi connectivity index (χ3n) is 3.43. The molecule has 2 N–H and O–H groups in total. The van der Waals surface area contributed by atoms with Crippen molar-refractivity contribution in [3.05, 3.63) is 65.2 Å². The van der Waals surface area contributed by atoms with Crippen molar-refractivity contribution in [1.29, 1.82) is 5.26 Å². The zero-order chi connectivity index (χ0) is 17.4. The van der Waals surface area contributed by atoms with Crippen LogP contribution in [-0.2, 0) is 6.61 Å². The molecule has 24 heavy (non-hydrogen) atoms. The number of benzene rings is 2. The van der Waals surface area contributed by atoms with Gasteiger partial charge in [-0.1, -0.05) is 12.1 Å². The van der Waals surface area contributed by atoms with Crippen molar-refractivity contribution in [2.24, 2.45) is 0 Å². The Morgan fingerprint density at radius 3 is 2.71 bits per heavy atom. The Kier molecular flexibility index (Phi) is 6.35. The predicted octanol–water partition coefficient (Wildman–Crippen LogP) is 2.64. The van der Waals surface area contributed by atoms with Gasteiger partial charge in [0, 0.05) is 12.1 Å². The van der Waals surface area contributed by atoms with Crippen LogP contribution in [0.3, 0.4) is 0 Å². The number of rotatable bonds is 7.